The van der Waals surface area contributed by atoms with E-state index in [2.05, 4.69) is 0 Å². The maximum atomic E-state index is 12.7. The van der Waals surface area contributed by atoms with Crippen molar-refractivity contribution in [1.82, 2.24) is 0 Å². The summed E-state index contributed by atoms with van der Waals surface area (Å²) in [5.74, 6) is 2.17. The number of rotatable bonds is 7. The smallest absolute Gasteiger partial charge is 0.198 e. The van der Waals surface area contributed by atoms with Crippen LogP contribution in [-0.2, 0) is 4.79 Å². The van der Waals surface area contributed by atoms with Crippen molar-refractivity contribution in [2.75, 3.05) is 31.2 Å². The van der Waals surface area contributed by atoms with Gasteiger partial charge in [-0.25, -0.2) is 5.01 Å². The lowest BCUT2D eigenvalue weighted by Gasteiger charge is -2.32. The molecule has 0 bridgehead atoms. The number of ketones is 1. The summed E-state index contributed by atoms with van der Waals surface area (Å²) in [6, 6.07) is 23.1. The predicted molar refractivity (Wildman–Crippen MR) is 125 cm³/mol. The van der Waals surface area contributed by atoms with Gasteiger partial charge in [-0.05, 0) is 48.5 Å². The molecule has 1 heterocycles. The Morgan fingerprint density at radius 1 is 0.812 bits per heavy atom. The average molecular weight is 431 g/mol. The van der Waals surface area contributed by atoms with Crippen molar-refractivity contribution in [2.45, 2.75) is 13.1 Å². The molecule has 32 heavy (non-hydrogen) atoms. The zero-order chi connectivity index (χ0) is 22.7. The largest absolute Gasteiger partial charge is 0.497 e. The van der Waals surface area contributed by atoms with Crippen LogP contribution in [0.3, 0.4) is 0 Å². The van der Waals surface area contributed by atoms with Crippen LogP contribution in [0.2, 0.25) is 0 Å². The van der Waals surface area contributed by atoms with Crippen molar-refractivity contribution < 1.29 is 19.0 Å². The number of methoxy groups -OCH3 is 3. The second-order valence-electron chi connectivity index (χ2n) is 7.22. The van der Waals surface area contributed by atoms with E-state index in [9.17, 15) is 4.79 Å². The molecule has 0 aliphatic carbocycles. The van der Waals surface area contributed by atoms with Crippen molar-refractivity contribution in [3.8, 4) is 17.2 Å². The Balaban J connectivity index is 1.89. The molecule has 0 spiro atoms. The van der Waals surface area contributed by atoms with E-state index >= 15 is 0 Å². The predicted octanol–water partition coefficient (Wildman–Crippen LogP) is 4.64. The molecule has 0 saturated heterocycles. The van der Waals surface area contributed by atoms with Gasteiger partial charge in [0.05, 0.1) is 27.0 Å². The molecule has 1 unspecified atom stereocenters. The standard InChI is InChI=1S/C25H25N3O4/c1-17(29)24-26-28(20-8-6-5-7-9-20)25(18-10-15-22(31-3)23(16-18)32-4)27(24)19-11-13-21(30-2)14-12-19/h5-16,25H,1-4H3. The van der Waals surface area contributed by atoms with Gasteiger partial charge in [-0.3, -0.25) is 9.69 Å². The van der Waals surface area contributed by atoms with Crippen LogP contribution < -0.4 is 24.1 Å². The van der Waals surface area contributed by atoms with Gasteiger partial charge in [-0.1, -0.05) is 24.3 Å². The van der Waals surface area contributed by atoms with E-state index in [1.54, 1.807) is 21.3 Å². The number of amidine groups is 1. The van der Waals surface area contributed by atoms with Gasteiger partial charge in [0, 0.05) is 18.2 Å². The number of benzene rings is 3. The quantitative estimate of drug-likeness (QED) is 0.543. The minimum Gasteiger partial charge on any atom is -0.497 e. The van der Waals surface area contributed by atoms with Crippen LogP contribution in [0.25, 0.3) is 0 Å². The van der Waals surface area contributed by atoms with Gasteiger partial charge in [0.15, 0.2) is 29.3 Å². The van der Waals surface area contributed by atoms with Crippen molar-refractivity contribution in [3.63, 3.8) is 0 Å². The number of carbonyl (C=O) groups is 1. The molecule has 0 fully saturated rings. The van der Waals surface area contributed by atoms with Crippen LogP contribution in [0.5, 0.6) is 17.2 Å². The van der Waals surface area contributed by atoms with Crippen LogP contribution >= 0.6 is 0 Å². The van der Waals surface area contributed by atoms with Crippen LogP contribution in [0, 0.1) is 0 Å². The summed E-state index contributed by atoms with van der Waals surface area (Å²) in [4.78, 5) is 14.6. The van der Waals surface area contributed by atoms with E-state index in [1.807, 2.05) is 82.7 Å². The highest BCUT2D eigenvalue weighted by molar-refractivity contribution is 6.44. The number of carbonyl (C=O) groups excluding carboxylic acids is 1. The molecule has 1 aliphatic heterocycles. The van der Waals surface area contributed by atoms with Crippen molar-refractivity contribution >= 4 is 23.0 Å². The van der Waals surface area contributed by atoms with Crippen LogP contribution in [0.15, 0.2) is 77.9 Å². The number of hydrazone groups is 1. The van der Waals surface area contributed by atoms with E-state index in [4.69, 9.17) is 19.3 Å². The fourth-order valence-corrected chi connectivity index (χ4v) is 3.76. The summed E-state index contributed by atoms with van der Waals surface area (Å²) in [5, 5.41) is 6.59. The molecule has 1 aliphatic rings. The summed E-state index contributed by atoms with van der Waals surface area (Å²) in [6.45, 7) is 1.52. The molecular formula is C25H25N3O4. The molecule has 0 radical (unpaired) electrons. The number of hydrogen-bond acceptors (Lipinski definition) is 7. The fraction of sp³-hybridized carbons (Fsp3) is 0.200. The number of Topliss-reactive ketones (excluding diaryl/α,β-unsaturated/α-hetero) is 1. The van der Waals surface area contributed by atoms with Crippen LogP contribution in [0.4, 0.5) is 11.4 Å². The topological polar surface area (TPSA) is 63.6 Å². The lowest BCUT2D eigenvalue weighted by atomic mass is 10.1. The summed E-state index contributed by atoms with van der Waals surface area (Å²) in [5.41, 5.74) is 2.57. The number of anilines is 2. The average Bonchev–Trinajstić information content (AvgIpc) is 3.25. The number of nitrogens with zero attached hydrogens (tertiary/aromatic N) is 3. The van der Waals surface area contributed by atoms with E-state index in [-0.39, 0.29) is 5.78 Å². The number of para-hydroxylation sites is 1. The highest BCUT2D eigenvalue weighted by Gasteiger charge is 2.39. The van der Waals surface area contributed by atoms with E-state index in [1.165, 1.54) is 6.92 Å². The minimum absolute atomic E-state index is 0.135. The third-order valence-electron chi connectivity index (χ3n) is 5.30. The molecule has 0 aromatic heterocycles. The zero-order valence-electron chi connectivity index (χ0n) is 18.5. The monoisotopic (exact) mass is 431 g/mol. The molecular weight excluding hydrogens is 406 g/mol. The van der Waals surface area contributed by atoms with Crippen molar-refractivity contribution in [1.29, 1.82) is 0 Å². The van der Waals surface area contributed by atoms with Gasteiger partial charge in [-0.2, -0.15) is 0 Å². The zero-order valence-corrected chi connectivity index (χ0v) is 18.5. The molecule has 0 saturated carbocycles. The molecule has 7 heteroatoms. The first-order chi connectivity index (χ1) is 15.6. The van der Waals surface area contributed by atoms with Gasteiger partial charge >= 0.3 is 0 Å². The molecule has 3 aromatic rings. The molecule has 3 aromatic carbocycles. The Morgan fingerprint density at radius 2 is 1.50 bits per heavy atom. The Bertz CT molecular complexity index is 1130. The molecule has 1 atom stereocenters. The third kappa shape index (κ3) is 3.85. The number of hydrogen-bond donors (Lipinski definition) is 0. The van der Waals surface area contributed by atoms with Gasteiger partial charge in [-0.15, -0.1) is 5.10 Å². The minimum atomic E-state index is -0.412. The van der Waals surface area contributed by atoms with Gasteiger partial charge < -0.3 is 14.2 Å². The SMILES string of the molecule is COc1ccc(N2C(C(C)=O)=NN(c3ccccc3)C2c2ccc(OC)c(OC)c2)cc1. The Kier molecular flexibility index (Phi) is 5.98. The third-order valence-corrected chi connectivity index (χ3v) is 5.30. The highest BCUT2D eigenvalue weighted by Crippen LogP contribution is 2.41. The second kappa shape index (κ2) is 9.01. The van der Waals surface area contributed by atoms with E-state index < -0.39 is 6.17 Å². The first-order valence-corrected chi connectivity index (χ1v) is 10.2. The van der Waals surface area contributed by atoms with E-state index in [0.29, 0.717) is 17.3 Å². The van der Waals surface area contributed by atoms with Crippen LogP contribution in [0.1, 0.15) is 18.7 Å². The summed E-state index contributed by atoms with van der Waals surface area (Å²) < 4.78 is 16.3. The van der Waals surface area contributed by atoms with Gasteiger partial charge in [0.1, 0.15) is 5.75 Å². The Morgan fingerprint density at radius 3 is 2.09 bits per heavy atom. The number of ether oxygens (including phenoxy) is 3. The first-order valence-electron chi connectivity index (χ1n) is 10.2. The molecule has 7 nitrogen and oxygen atoms in total. The maximum absolute atomic E-state index is 12.7. The molecule has 0 N–H and O–H groups in total. The normalized spacial score (nSPS) is 15.4. The van der Waals surface area contributed by atoms with Crippen LogP contribution in [-0.4, -0.2) is 32.9 Å². The van der Waals surface area contributed by atoms with Gasteiger partial charge in [0.2, 0.25) is 0 Å². The lowest BCUT2D eigenvalue weighted by molar-refractivity contribution is -0.111. The molecule has 0 amide bonds. The van der Waals surface area contributed by atoms with Crippen molar-refractivity contribution in [2.24, 2.45) is 5.10 Å². The summed E-state index contributed by atoms with van der Waals surface area (Å²) in [7, 11) is 4.82. The highest BCUT2D eigenvalue weighted by atomic mass is 16.5. The van der Waals surface area contributed by atoms with Crippen molar-refractivity contribution in [3.05, 3.63) is 78.4 Å². The maximum Gasteiger partial charge on any atom is 0.198 e. The lowest BCUT2D eigenvalue weighted by Crippen LogP contribution is -2.37. The van der Waals surface area contributed by atoms with E-state index in [0.717, 1.165) is 22.7 Å². The summed E-state index contributed by atoms with van der Waals surface area (Å²) in [6.07, 6.45) is -0.412. The second-order valence-corrected chi connectivity index (χ2v) is 7.22. The summed E-state index contributed by atoms with van der Waals surface area (Å²) >= 11 is 0. The Hall–Kier alpha value is -4.00. The molecule has 164 valence electrons. The Labute approximate surface area is 187 Å². The van der Waals surface area contributed by atoms with Gasteiger partial charge in [0.25, 0.3) is 0 Å². The fourth-order valence-electron chi connectivity index (χ4n) is 3.76. The molecule has 4 rings (SSSR count). The first kappa shape index (κ1) is 21.2.